The van der Waals surface area contributed by atoms with E-state index in [1.54, 1.807) is 30.3 Å². The molecule has 0 radical (unpaired) electrons. The number of aliphatic carboxylic acids is 1. The van der Waals surface area contributed by atoms with Crippen LogP contribution < -0.4 is 9.62 Å². The zero-order valence-electron chi connectivity index (χ0n) is 13.4. The number of nitrogens with zero attached hydrogens (tertiary/aromatic N) is 1. The molecule has 0 spiro atoms. The Morgan fingerprint density at radius 2 is 1.96 bits per heavy atom. The Balaban J connectivity index is 2.20. The Labute approximate surface area is 154 Å². The number of sulfonamides is 1. The summed E-state index contributed by atoms with van der Waals surface area (Å²) in [6, 6.07) is 11.9. The maximum Gasteiger partial charge on any atom is 0.304 e. The summed E-state index contributed by atoms with van der Waals surface area (Å²) in [4.78, 5) is 11.1. The summed E-state index contributed by atoms with van der Waals surface area (Å²) in [5.74, 6) is -0.907. The molecule has 0 aromatic heterocycles. The number of fused-ring (bicyclic) bond motifs is 2. The van der Waals surface area contributed by atoms with Crippen molar-refractivity contribution >= 4 is 37.6 Å². The van der Waals surface area contributed by atoms with Gasteiger partial charge >= 0.3 is 5.97 Å². The van der Waals surface area contributed by atoms with Gasteiger partial charge in [0, 0.05) is 18.1 Å². The lowest BCUT2D eigenvalue weighted by Crippen LogP contribution is -2.26. The average molecular weight is 425 g/mol. The summed E-state index contributed by atoms with van der Waals surface area (Å²) >= 11 is 3.33. The fourth-order valence-corrected chi connectivity index (χ4v) is 4.97. The van der Waals surface area contributed by atoms with E-state index >= 15 is 0 Å². The van der Waals surface area contributed by atoms with Crippen molar-refractivity contribution in [2.45, 2.75) is 17.4 Å². The molecule has 0 aliphatic carbocycles. The maximum absolute atomic E-state index is 13.0. The minimum atomic E-state index is -3.72. The molecule has 1 unspecified atom stereocenters. The number of carbonyl (C=O) groups is 1. The minimum absolute atomic E-state index is 0.0485. The van der Waals surface area contributed by atoms with Gasteiger partial charge in [0.05, 0.1) is 23.0 Å². The van der Waals surface area contributed by atoms with Crippen LogP contribution in [0.3, 0.4) is 0 Å². The van der Waals surface area contributed by atoms with Crippen molar-refractivity contribution in [3.63, 3.8) is 0 Å². The van der Waals surface area contributed by atoms with Crippen LogP contribution in [0.4, 0.5) is 5.69 Å². The van der Waals surface area contributed by atoms with E-state index in [0.717, 1.165) is 5.56 Å². The van der Waals surface area contributed by atoms with Gasteiger partial charge in [-0.3, -0.25) is 9.10 Å². The van der Waals surface area contributed by atoms with Gasteiger partial charge in [-0.2, -0.15) is 0 Å². The Hall–Kier alpha value is -1.90. The number of carboxylic acids is 1. The normalized spacial score (nSPS) is 18.2. The first-order valence-electron chi connectivity index (χ1n) is 7.65. The molecular weight excluding hydrogens is 408 g/mol. The second-order valence-electron chi connectivity index (χ2n) is 5.74. The van der Waals surface area contributed by atoms with Gasteiger partial charge in [-0.1, -0.05) is 40.2 Å². The number of hydrogen-bond donors (Lipinski definition) is 2. The largest absolute Gasteiger partial charge is 0.481 e. The van der Waals surface area contributed by atoms with Crippen LogP contribution in [-0.2, 0) is 14.8 Å². The number of anilines is 1. The molecule has 0 saturated carbocycles. The molecule has 0 amide bonds. The highest BCUT2D eigenvalue weighted by atomic mass is 79.9. The van der Waals surface area contributed by atoms with E-state index in [-0.39, 0.29) is 17.9 Å². The topological polar surface area (TPSA) is 86.7 Å². The molecule has 132 valence electrons. The highest BCUT2D eigenvalue weighted by molar-refractivity contribution is 9.10. The third-order valence-corrected chi connectivity index (χ3v) is 6.52. The van der Waals surface area contributed by atoms with Gasteiger partial charge in [0.1, 0.15) is 0 Å². The molecule has 25 heavy (non-hydrogen) atoms. The summed E-state index contributed by atoms with van der Waals surface area (Å²) in [6.45, 7) is 0.230. The van der Waals surface area contributed by atoms with Crippen molar-refractivity contribution in [1.29, 1.82) is 0 Å². The Morgan fingerprint density at radius 1 is 1.24 bits per heavy atom. The maximum atomic E-state index is 13.0. The van der Waals surface area contributed by atoms with Crippen LogP contribution >= 0.6 is 15.9 Å². The first-order valence-corrected chi connectivity index (χ1v) is 9.88. The molecule has 2 aromatic carbocycles. The number of benzene rings is 2. The lowest BCUT2D eigenvalue weighted by molar-refractivity contribution is -0.136. The van der Waals surface area contributed by atoms with Gasteiger partial charge in [0.15, 0.2) is 0 Å². The van der Waals surface area contributed by atoms with Crippen molar-refractivity contribution in [1.82, 2.24) is 5.32 Å². The highest BCUT2D eigenvalue weighted by Gasteiger charge is 2.34. The van der Waals surface area contributed by atoms with Crippen LogP contribution in [0.25, 0.3) is 0 Å². The lowest BCUT2D eigenvalue weighted by Gasteiger charge is -2.21. The molecule has 1 aliphatic heterocycles. The molecule has 0 fully saturated rings. The van der Waals surface area contributed by atoms with Gasteiger partial charge in [-0.15, -0.1) is 0 Å². The van der Waals surface area contributed by atoms with E-state index in [2.05, 4.69) is 21.2 Å². The molecule has 3 rings (SSSR count). The first-order chi connectivity index (χ1) is 11.8. The fourth-order valence-electron chi connectivity index (χ4n) is 2.98. The third-order valence-electron chi connectivity index (χ3n) is 4.20. The molecule has 2 N–H and O–H groups in total. The predicted molar refractivity (Wildman–Crippen MR) is 98.3 cm³/mol. The van der Waals surface area contributed by atoms with E-state index in [0.29, 0.717) is 15.7 Å². The molecule has 1 atom stereocenters. The van der Waals surface area contributed by atoms with Crippen molar-refractivity contribution in [3.05, 3.63) is 58.1 Å². The van der Waals surface area contributed by atoms with E-state index in [9.17, 15) is 13.2 Å². The van der Waals surface area contributed by atoms with Gasteiger partial charge in [-0.25, -0.2) is 8.42 Å². The standard InChI is InChI=1S/C17H17BrN2O4S/c1-20-14-5-3-2-4-12(14)17(19-9-8-16(21)22)13-7-6-11(18)10-15(13)25(20,23)24/h2-7,10,17,19H,8-9H2,1H3,(H,21,22). The molecular formula is C17H17BrN2O4S. The van der Waals surface area contributed by atoms with Crippen LogP contribution in [0, 0.1) is 0 Å². The molecule has 1 aliphatic rings. The summed E-state index contributed by atoms with van der Waals surface area (Å²) in [5, 5.41) is 12.1. The van der Waals surface area contributed by atoms with Crippen LogP contribution in [0.2, 0.25) is 0 Å². The Bertz CT molecular complexity index is 930. The van der Waals surface area contributed by atoms with E-state index in [1.807, 2.05) is 12.1 Å². The lowest BCUT2D eigenvalue weighted by atomic mass is 9.97. The van der Waals surface area contributed by atoms with E-state index < -0.39 is 22.0 Å². The second kappa shape index (κ2) is 6.78. The fraction of sp³-hybridized carbons (Fsp3) is 0.235. The highest BCUT2D eigenvalue weighted by Crippen LogP contribution is 2.40. The van der Waals surface area contributed by atoms with Crippen LogP contribution in [-0.4, -0.2) is 33.1 Å². The molecule has 1 heterocycles. The SMILES string of the molecule is CN1c2ccccc2C(NCCC(=O)O)c2ccc(Br)cc2S1(=O)=O. The monoisotopic (exact) mass is 424 g/mol. The van der Waals surface area contributed by atoms with Gasteiger partial charge in [0.2, 0.25) is 0 Å². The smallest absolute Gasteiger partial charge is 0.304 e. The van der Waals surface area contributed by atoms with Crippen LogP contribution in [0.5, 0.6) is 0 Å². The minimum Gasteiger partial charge on any atom is -0.481 e. The third kappa shape index (κ3) is 3.29. The Kier molecular flexibility index (Phi) is 4.86. The molecule has 6 nitrogen and oxygen atoms in total. The van der Waals surface area contributed by atoms with Crippen LogP contribution in [0.15, 0.2) is 51.8 Å². The zero-order valence-corrected chi connectivity index (χ0v) is 15.8. The molecule has 2 aromatic rings. The number of para-hydroxylation sites is 1. The molecule has 0 bridgehead atoms. The summed E-state index contributed by atoms with van der Waals surface area (Å²) in [5.41, 5.74) is 1.97. The number of halogens is 1. The van der Waals surface area contributed by atoms with Crippen molar-refractivity contribution in [2.24, 2.45) is 0 Å². The summed E-state index contributed by atoms with van der Waals surface area (Å²) in [6.07, 6.45) is -0.0485. The number of nitrogens with one attached hydrogen (secondary N) is 1. The summed E-state index contributed by atoms with van der Waals surface area (Å²) in [7, 11) is -2.19. The summed E-state index contributed by atoms with van der Waals surface area (Å²) < 4.78 is 28.0. The van der Waals surface area contributed by atoms with E-state index in [4.69, 9.17) is 5.11 Å². The molecule has 0 saturated heterocycles. The van der Waals surface area contributed by atoms with Gasteiger partial charge in [0.25, 0.3) is 10.0 Å². The zero-order chi connectivity index (χ0) is 18.2. The number of carboxylic acid groups (broad SMARTS) is 1. The Morgan fingerprint density at radius 3 is 2.68 bits per heavy atom. The average Bonchev–Trinajstić information content (AvgIpc) is 2.63. The number of hydrogen-bond acceptors (Lipinski definition) is 4. The van der Waals surface area contributed by atoms with Crippen LogP contribution in [0.1, 0.15) is 23.6 Å². The van der Waals surface area contributed by atoms with E-state index in [1.165, 1.54) is 11.4 Å². The predicted octanol–water partition coefficient (Wildman–Crippen LogP) is 2.74. The van der Waals surface area contributed by atoms with Crippen molar-refractivity contribution in [2.75, 3.05) is 17.9 Å². The quantitative estimate of drug-likeness (QED) is 0.787. The first kappa shape index (κ1) is 17.9. The van der Waals surface area contributed by atoms with Gasteiger partial charge in [-0.05, 0) is 29.3 Å². The van der Waals surface area contributed by atoms with Crippen molar-refractivity contribution < 1.29 is 18.3 Å². The number of rotatable bonds is 4. The second-order valence-corrected chi connectivity index (χ2v) is 8.60. The molecule has 8 heteroatoms. The van der Waals surface area contributed by atoms with Crippen molar-refractivity contribution in [3.8, 4) is 0 Å². The van der Waals surface area contributed by atoms with Gasteiger partial charge < -0.3 is 10.4 Å².